The van der Waals surface area contributed by atoms with Gasteiger partial charge in [0.25, 0.3) is 0 Å². The van der Waals surface area contributed by atoms with Gasteiger partial charge in [0, 0.05) is 6.07 Å². The van der Waals surface area contributed by atoms with Gasteiger partial charge in [-0.3, -0.25) is 4.79 Å². The van der Waals surface area contributed by atoms with Gasteiger partial charge in [0.05, 0.1) is 16.1 Å². The van der Waals surface area contributed by atoms with Crippen LogP contribution < -0.4 is 9.47 Å². The highest BCUT2D eigenvalue weighted by atomic mass is 35.5. The number of carbonyl (C=O) groups is 2. The van der Waals surface area contributed by atoms with Crippen LogP contribution in [0.15, 0.2) is 90.7 Å². The van der Waals surface area contributed by atoms with E-state index in [1.807, 2.05) is 36.4 Å². The van der Waals surface area contributed by atoms with Crippen molar-refractivity contribution in [2.45, 2.75) is 0 Å². The van der Waals surface area contributed by atoms with E-state index in [2.05, 4.69) is 0 Å². The highest BCUT2D eigenvalue weighted by molar-refractivity contribution is 6.33. The van der Waals surface area contributed by atoms with Crippen LogP contribution in [0.25, 0.3) is 6.08 Å². The lowest BCUT2D eigenvalue weighted by atomic mass is 10.1. The third kappa shape index (κ3) is 4.13. The Balaban J connectivity index is 1.50. The summed E-state index contributed by atoms with van der Waals surface area (Å²) in [6.07, 6.45) is 5.25. The fourth-order valence-electron chi connectivity index (χ4n) is 2.84. The Labute approximate surface area is 172 Å². The molecule has 3 aromatic carbocycles. The molecule has 1 aliphatic rings. The normalized spacial score (nSPS) is 14.1. The number of hydrogen-bond donors (Lipinski definition) is 0. The van der Waals surface area contributed by atoms with Gasteiger partial charge in [-0.2, -0.15) is 0 Å². The molecule has 5 heteroatoms. The van der Waals surface area contributed by atoms with Gasteiger partial charge < -0.3 is 9.47 Å². The molecule has 0 spiro atoms. The van der Waals surface area contributed by atoms with Crippen LogP contribution in [0.4, 0.5) is 0 Å². The molecule has 0 saturated carbocycles. The number of Topliss-reactive ketones (excluding diaryl/α,β-unsaturated/α-hetero) is 1. The molecule has 1 aliphatic heterocycles. The fraction of sp³-hybridized carbons (Fsp3) is 0. The predicted molar refractivity (Wildman–Crippen MR) is 111 cm³/mol. The van der Waals surface area contributed by atoms with E-state index in [1.165, 1.54) is 6.07 Å². The second-order valence-electron chi connectivity index (χ2n) is 6.26. The lowest BCUT2D eigenvalue weighted by molar-refractivity contribution is 0.0734. The molecule has 142 valence electrons. The molecule has 0 bridgehead atoms. The highest BCUT2D eigenvalue weighted by Gasteiger charge is 2.27. The van der Waals surface area contributed by atoms with Gasteiger partial charge in [0.1, 0.15) is 11.5 Å². The summed E-state index contributed by atoms with van der Waals surface area (Å²) < 4.78 is 11.0. The zero-order chi connectivity index (χ0) is 20.2. The molecule has 0 saturated heterocycles. The molecule has 0 fully saturated rings. The van der Waals surface area contributed by atoms with E-state index in [0.29, 0.717) is 16.3 Å². The molecule has 4 nitrogen and oxygen atoms in total. The van der Waals surface area contributed by atoms with Crippen LogP contribution in [0.2, 0.25) is 5.02 Å². The molecule has 29 heavy (non-hydrogen) atoms. The minimum atomic E-state index is -0.582. The summed E-state index contributed by atoms with van der Waals surface area (Å²) in [6, 6.07) is 21.0. The van der Waals surface area contributed by atoms with Gasteiger partial charge in [-0.05, 0) is 35.9 Å². The summed E-state index contributed by atoms with van der Waals surface area (Å²) >= 11 is 6.03. The molecule has 3 aromatic rings. The smallest absolute Gasteiger partial charge is 0.345 e. The van der Waals surface area contributed by atoms with Crippen LogP contribution in [0.5, 0.6) is 11.5 Å². The summed E-state index contributed by atoms with van der Waals surface area (Å²) in [5.41, 5.74) is 1.70. The number of fused-ring (bicyclic) bond motifs is 1. The molecule has 0 N–H and O–H groups in total. The molecule has 0 amide bonds. The Morgan fingerprint density at radius 1 is 0.966 bits per heavy atom. The molecule has 4 rings (SSSR count). The molecule has 0 aromatic heterocycles. The number of benzene rings is 3. The molecular formula is C24H15ClO4. The standard InChI is InChI=1S/C24H15ClO4/c25-20-11-5-4-10-18(20)24(27)28-17-13-14-19-22(15-17)29-21(23(19)26)12-6-9-16-7-2-1-3-8-16/h1-15H/b9-6+,21-12+. The Kier molecular flexibility index (Phi) is 5.27. The SMILES string of the molecule is O=C(Oc1ccc2c(c1)O/C(=C/C=C/c1ccccc1)C2=O)c1ccccc1Cl. The van der Waals surface area contributed by atoms with Crippen molar-refractivity contribution < 1.29 is 19.1 Å². The number of hydrogen-bond acceptors (Lipinski definition) is 4. The Bertz CT molecular complexity index is 1150. The molecule has 1 heterocycles. The first kappa shape index (κ1) is 18.7. The minimum absolute atomic E-state index is 0.210. The number of allylic oxidation sites excluding steroid dienone is 3. The number of rotatable bonds is 4. The summed E-state index contributed by atoms with van der Waals surface area (Å²) in [7, 11) is 0. The molecule has 0 radical (unpaired) electrons. The first-order valence-electron chi connectivity index (χ1n) is 8.88. The predicted octanol–water partition coefficient (Wildman–Crippen LogP) is 5.73. The number of halogens is 1. The van der Waals surface area contributed by atoms with Crippen molar-refractivity contribution in [2.75, 3.05) is 0 Å². The molecule has 0 aliphatic carbocycles. The summed E-state index contributed by atoms with van der Waals surface area (Å²) in [5.74, 6) is 0.0197. The van der Waals surface area contributed by atoms with Gasteiger partial charge in [0.15, 0.2) is 5.76 Å². The van der Waals surface area contributed by atoms with Gasteiger partial charge in [0.2, 0.25) is 5.78 Å². The van der Waals surface area contributed by atoms with Gasteiger partial charge >= 0.3 is 5.97 Å². The van der Waals surface area contributed by atoms with E-state index in [9.17, 15) is 9.59 Å². The maximum absolute atomic E-state index is 12.5. The van der Waals surface area contributed by atoms with E-state index in [4.69, 9.17) is 21.1 Å². The maximum atomic E-state index is 12.5. The van der Waals surface area contributed by atoms with Crippen molar-refractivity contribution in [3.8, 4) is 11.5 Å². The third-order valence-electron chi connectivity index (χ3n) is 4.28. The molecular weight excluding hydrogens is 388 g/mol. The van der Waals surface area contributed by atoms with Crippen LogP contribution in [0, 0.1) is 0 Å². The van der Waals surface area contributed by atoms with Crippen molar-refractivity contribution in [3.63, 3.8) is 0 Å². The van der Waals surface area contributed by atoms with E-state index < -0.39 is 5.97 Å². The van der Waals surface area contributed by atoms with Crippen molar-refractivity contribution >= 4 is 29.4 Å². The van der Waals surface area contributed by atoms with Crippen LogP contribution >= 0.6 is 11.6 Å². The zero-order valence-electron chi connectivity index (χ0n) is 15.2. The second kappa shape index (κ2) is 8.17. The van der Waals surface area contributed by atoms with Gasteiger partial charge in [-0.1, -0.05) is 66.2 Å². The third-order valence-corrected chi connectivity index (χ3v) is 4.61. The van der Waals surface area contributed by atoms with Crippen LogP contribution in [-0.2, 0) is 0 Å². The maximum Gasteiger partial charge on any atom is 0.345 e. The number of ether oxygens (including phenoxy) is 2. The van der Waals surface area contributed by atoms with Gasteiger partial charge in [-0.15, -0.1) is 0 Å². The summed E-state index contributed by atoms with van der Waals surface area (Å²) in [5, 5.41) is 0.306. The van der Waals surface area contributed by atoms with Crippen LogP contribution in [0.3, 0.4) is 0 Å². The lowest BCUT2D eigenvalue weighted by Crippen LogP contribution is -2.09. The fourth-order valence-corrected chi connectivity index (χ4v) is 3.06. The first-order valence-corrected chi connectivity index (χ1v) is 9.26. The lowest BCUT2D eigenvalue weighted by Gasteiger charge is -2.06. The van der Waals surface area contributed by atoms with E-state index in [1.54, 1.807) is 48.6 Å². The van der Waals surface area contributed by atoms with Crippen molar-refractivity contribution in [1.29, 1.82) is 0 Å². The minimum Gasteiger partial charge on any atom is -0.452 e. The van der Waals surface area contributed by atoms with Crippen molar-refractivity contribution in [1.82, 2.24) is 0 Å². The highest BCUT2D eigenvalue weighted by Crippen LogP contribution is 2.34. The second-order valence-corrected chi connectivity index (χ2v) is 6.67. The largest absolute Gasteiger partial charge is 0.452 e. The first-order chi connectivity index (χ1) is 14.1. The quantitative estimate of drug-likeness (QED) is 0.317. The van der Waals surface area contributed by atoms with E-state index in [0.717, 1.165) is 5.56 Å². The number of esters is 1. The van der Waals surface area contributed by atoms with Crippen LogP contribution in [0.1, 0.15) is 26.3 Å². The van der Waals surface area contributed by atoms with E-state index >= 15 is 0 Å². The average Bonchev–Trinajstić information content (AvgIpc) is 3.04. The number of carbonyl (C=O) groups excluding carboxylic acids is 2. The van der Waals surface area contributed by atoms with Crippen LogP contribution in [-0.4, -0.2) is 11.8 Å². The molecule has 0 unspecified atom stereocenters. The molecule has 0 atom stereocenters. The average molecular weight is 403 g/mol. The Hall–Kier alpha value is -3.63. The zero-order valence-corrected chi connectivity index (χ0v) is 15.9. The monoisotopic (exact) mass is 402 g/mol. The Morgan fingerprint density at radius 3 is 2.52 bits per heavy atom. The van der Waals surface area contributed by atoms with Crippen molar-refractivity contribution in [3.05, 3.63) is 112 Å². The van der Waals surface area contributed by atoms with Crippen molar-refractivity contribution in [2.24, 2.45) is 0 Å². The van der Waals surface area contributed by atoms with E-state index in [-0.39, 0.29) is 22.9 Å². The topological polar surface area (TPSA) is 52.6 Å². The summed E-state index contributed by atoms with van der Waals surface area (Å²) in [4.78, 5) is 24.8. The van der Waals surface area contributed by atoms with Gasteiger partial charge in [-0.25, -0.2) is 4.79 Å². The summed E-state index contributed by atoms with van der Waals surface area (Å²) in [6.45, 7) is 0. The number of ketones is 1. The Morgan fingerprint density at radius 2 is 1.72 bits per heavy atom.